The monoisotopic (exact) mass is 305 g/mol. The van der Waals surface area contributed by atoms with E-state index >= 15 is 0 Å². The minimum absolute atomic E-state index is 0.167. The molecule has 0 unspecified atom stereocenters. The number of halogens is 2. The fraction of sp³-hybridized carbons (Fsp3) is 0.0625. The van der Waals surface area contributed by atoms with Gasteiger partial charge in [-0.3, -0.25) is 4.79 Å². The van der Waals surface area contributed by atoms with Gasteiger partial charge in [-0.05, 0) is 29.3 Å². The molecule has 102 valence electrons. The van der Waals surface area contributed by atoms with Crippen molar-refractivity contribution in [2.24, 2.45) is 0 Å². The third-order valence-corrected chi connectivity index (χ3v) is 3.28. The fourth-order valence-corrected chi connectivity index (χ4v) is 2.12. The molecule has 0 saturated carbocycles. The van der Waals surface area contributed by atoms with E-state index in [0.29, 0.717) is 16.6 Å². The Morgan fingerprint density at radius 1 is 1.10 bits per heavy atom. The predicted octanol–water partition coefficient (Wildman–Crippen LogP) is 4.32. The molecule has 0 saturated heterocycles. The largest absolute Gasteiger partial charge is 0.348 e. The topological polar surface area (TPSA) is 29.1 Å². The molecule has 0 aliphatic rings. The molecule has 0 heterocycles. The van der Waals surface area contributed by atoms with Gasteiger partial charge in [0.05, 0.1) is 0 Å². The second-order valence-corrected chi connectivity index (χ2v) is 5.04. The maximum Gasteiger partial charge on any atom is 0.244 e. The molecule has 2 aromatic carbocycles. The van der Waals surface area contributed by atoms with E-state index in [4.69, 9.17) is 23.2 Å². The summed E-state index contributed by atoms with van der Waals surface area (Å²) in [6, 6.07) is 14.8. The smallest absolute Gasteiger partial charge is 0.244 e. The maximum absolute atomic E-state index is 11.7. The highest BCUT2D eigenvalue weighted by molar-refractivity contribution is 6.35. The summed E-state index contributed by atoms with van der Waals surface area (Å²) in [4.78, 5) is 11.7. The molecule has 0 aromatic heterocycles. The second-order valence-electron chi connectivity index (χ2n) is 4.20. The van der Waals surface area contributed by atoms with Gasteiger partial charge in [0.25, 0.3) is 0 Å². The summed E-state index contributed by atoms with van der Waals surface area (Å²) >= 11 is 11.8. The Morgan fingerprint density at radius 2 is 1.85 bits per heavy atom. The van der Waals surface area contributed by atoms with Gasteiger partial charge in [0.2, 0.25) is 5.91 Å². The van der Waals surface area contributed by atoms with Crippen molar-refractivity contribution in [1.29, 1.82) is 0 Å². The van der Waals surface area contributed by atoms with Gasteiger partial charge < -0.3 is 5.32 Å². The SMILES string of the molecule is O=C(/C=C/c1ccccc1)NCc1ccc(Cl)cc1Cl. The van der Waals surface area contributed by atoms with E-state index in [-0.39, 0.29) is 5.91 Å². The number of carbonyl (C=O) groups excluding carboxylic acids is 1. The van der Waals surface area contributed by atoms with Crippen LogP contribution in [0.3, 0.4) is 0 Å². The molecule has 1 N–H and O–H groups in total. The third-order valence-electron chi connectivity index (χ3n) is 2.69. The Kier molecular flexibility index (Phi) is 5.22. The highest BCUT2D eigenvalue weighted by Crippen LogP contribution is 2.20. The van der Waals surface area contributed by atoms with E-state index < -0.39 is 0 Å². The van der Waals surface area contributed by atoms with Crippen LogP contribution in [0.4, 0.5) is 0 Å². The Bertz CT molecular complexity index is 624. The van der Waals surface area contributed by atoms with Crippen LogP contribution in [-0.4, -0.2) is 5.91 Å². The average Bonchev–Trinajstić information content (AvgIpc) is 2.45. The second kappa shape index (κ2) is 7.13. The van der Waals surface area contributed by atoms with E-state index in [9.17, 15) is 4.79 Å². The van der Waals surface area contributed by atoms with Crippen LogP contribution < -0.4 is 5.32 Å². The molecule has 1 amide bonds. The number of hydrogen-bond donors (Lipinski definition) is 1. The van der Waals surface area contributed by atoms with Crippen molar-refractivity contribution in [1.82, 2.24) is 5.32 Å². The molecule has 0 radical (unpaired) electrons. The first-order chi connectivity index (χ1) is 9.65. The zero-order chi connectivity index (χ0) is 14.4. The van der Waals surface area contributed by atoms with Crippen LogP contribution in [-0.2, 0) is 11.3 Å². The summed E-state index contributed by atoms with van der Waals surface area (Å²) in [5, 5.41) is 3.90. The van der Waals surface area contributed by atoms with Crippen LogP contribution in [0.1, 0.15) is 11.1 Å². The molecule has 0 aliphatic carbocycles. The molecular formula is C16H13Cl2NO. The van der Waals surface area contributed by atoms with E-state index in [1.807, 2.05) is 30.3 Å². The lowest BCUT2D eigenvalue weighted by atomic mass is 10.2. The van der Waals surface area contributed by atoms with Gasteiger partial charge in [0.1, 0.15) is 0 Å². The molecule has 20 heavy (non-hydrogen) atoms. The lowest BCUT2D eigenvalue weighted by Crippen LogP contribution is -2.20. The molecule has 2 rings (SSSR count). The molecule has 0 aliphatic heterocycles. The van der Waals surface area contributed by atoms with Crippen molar-refractivity contribution < 1.29 is 4.79 Å². The predicted molar refractivity (Wildman–Crippen MR) is 83.8 cm³/mol. The summed E-state index contributed by atoms with van der Waals surface area (Å²) in [6.07, 6.45) is 3.26. The van der Waals surface area contributed by atoms with Gasteiger partial charge in [-0.15, -0.1) is 0 Å². The van der Waals surface area contributed by atoms with E-state index in [2.05, 4.69) is 5.32 Å². The van der Waals surface area contributed by atoms with Crippen molar-refractivity contribution in [3.05, 3.63) is 75.8 Å². The van der Waals surface area contributed by atoms with Gasteiger partial charge >= 0.3 is 0 Å². The molecule has 0 spiro atoms. The number of rotatable bonds is 4. The summed E-state index contributed by atoms with van der Waals surface area (Å²) in [5.74, 6) is -0.167. The van der Waals surface area contributed by atoms with Crippen molar-refractivity contribution >= 4 is 35.2 Å². The molecule has 0 bridgehead atoms. The highest BCUT2D eigenvalue weighted by atomic mass is 35.5. The number of carbonyl (C=O) groups is 1. The Balaban J connectivity index is 1.91. The van der Waals surface area contributed by atoms with Crippen LogP contribution >= 0.6 is 23.2 Å². The average molecular weight is 306 g/mol. The van der Waals surface area contributed by atoms with Crippen LogP contribution in [0, 0.1) is 0 Å². The van der Waals surface area contributed by atoms with Crippen LogP contribution in [0.2, 0.25) is 10.0 Å². The van der Waals surface area contributed by atoms with Crippen molar-refractivity contribution in [2.45, 2.75) is 6.54 Å². The minimum Gasteiger partial charge on any atom is -0.348 e. The summed E-state index contributed by atoms with van der Waals surface area (Å²) < 4.78 is 0. The van der Waals surface area contributed by atoms with Gasteiger partial charge in [-0.2, -0.15) is 0 Å². The van der Waals surface area contributed by atoms with Crippen molar-refractivity contribution in [2.75, 3.05) is 0 Å². The molecule has 0 atom stereocenters. The first kappa shape index (κ1) is 14.6. The zero-order valence-electron chi connectivity index (χ0n) is 10.6. The Morgan fingerprint density at radius 3 is 2.55 bits per heavy atom. The summed E-state index contributed by atoms with van der Waals surface area (Å²) in [5.41, 5.74) is 1.81. The Labute approximate surface area is 128 Å². The molecular weight excluding hydrogens is 293 g/mol. The Hall–Kier alpha value is -1.77. The van der Waals surface area contributed by atoms with E-state index in [1.165, 1.54) is 6.08 Å². The maximum atomic E-state index is 11.7. The number of nitrogens with one attached hydrogen (secondary N) is 1. The molecule has 2 nitrogen and oxygen atoms in total. The van der Waals surface area contributed by atoms with E-state index in [1.54, 1.807) is 24.3 Å². The lowest BCUT2D eigenvalue weighted by molar-refractivity contribution is -0.116. The van der Waals surface area contributed by atoms with Crippen molar-refractivity contribution in [3.63, 3.8) is 0 Å². The first-order valence-corrected chi connectivity index (χ1v) is 6.85. The fourth-order valence-electron chi connectivity index (χ4n) is 1.64. The van der Waals surface area contributed by atoms with E-state index in [0.717, 1.165) is 11.1 Å². The van der Waals surface area contributed by atoms with Crippen LogP contribution in [0.15, 0.2) is 54.6 Å². The lowest BCUT2D eigenvalue weighted by Gasteiger charge is -2.05. The van der Waals surface area contributed by atoms with Crippen molar-refractivity contribution in [3.8, 4) is 0 Å². The first-order valence-electron chi connectivity index (χ1n) is 6.10. The standard InChI is InChI=1S/C16H13Cl2NO/c17-14-8-7-13(15(18)10-14)11-19-16(20)9-6-12-4-2-1-3-5-12/h1-10H,11H2,(H,19,20)/b9-6+. The van der Waals surface area contributed by atoms with Gasteiger partial charge in [0.15, 0.2) is 0 Å². The van der Waals surface area contributed by atoms with Crippen LogP contribution in [0.25, 0.3) is 6.08 Å². The number of benzene rings is 2. The van der Waals surface area contributed by atoms with Crippen LogP contribution in [0.5, 0.6) is 0 Å². The summed E-state index contributed by atoms with van der Waals surface area (Å²) in [7, 11) is 0. The third kappa shape index (κ3) is 4.41. The number of hydrogen-bond acceptors (Lipinski definition) is 1. The quantitative estimate of drug-likeness (QED) is 0.837. The van der Waals surface area contributed by atoms with Gasteiger partial charge in [-0.25, -0.2) is 0 Å². The normalized spacial score (nSPS) is 10.7. The van der Waals surface area contributed by atoms with Gasteiger partial charge in [-0.1, -0.05) is 59.6 Å². The van der Waals surface area contributed by atoms with Gasteiger partial charge in [0, 0.05) is 22.7 Å². The number of amides is 1. The summed E-state index contributed by atoms with van der Waals surface area (Å²) in [6.45, 7) is 0.369. The minimum atomic E-state index is -0.167. The molecule has 4 heteroatoms. The zero-order valence-corrected chi connectivity index (χ0v) is 12.2. The molecule has 0 fully saturated rings. The highest BCUT2D eigenvalue weighted by Gasteiger charge is 2.02. The molecule has 2 aromatic rings.